The number of hydrogen-bond acceptors (Lipinski definition) is 5. The monoisotopic (exact) mass is 352 g/mol. The van der Waals surface area contributed by atoms with Crippen LogP contribution in [0.15, 0.2) is 15.9 Å². The summed E-state index contributed by atoms with van der Waals surface area (Å²) in [5.41, 5.74) is 2.70. The van der Waals surface area contributed by atoms with E-state index in [1.165, 1.54) is 0 Å². The first-order chi connectivity index (χ1) is 8.53. The van der Waals surface area contributed by atoms with E-state index in [1.54, 1.807) is 11.3 Å². The van der Waals surface area contributed by atoms with Crippen molar-refractivity contribution in [3.63, 3.8) is 0 Å². The van der Waals surface area contributed by atoms with Crippen molar-refractivity contribution >= 4 is 37.1 Å². The molecule has 3 N–H and O–H groups in total. The van der Waals surface area contributed by atoms with Crippen molar-refractivity contribution in [2.45, 2.75) is 37.0 Å². The average molecular weight is 353 g/mol. The molecule has 1 fully saturated rings. The molecule has 1 aromatic heterocycles. The van der Waals surface area contributed by atoms with Gasteiger partial charge in [0.2, 0.25) is 0 Å². The van der Waals surface area contributed by atoms with Crippen molar-refractivity contribution in [1.82, 2.24) is 5.43 Å². The van der Waals surface area contributed by atoms with Gasteiger partial charge in [0.15, 0.2) is 9.84 Å². The van der Waals surface area contributed by atoms with E-state index in [9.17, 15) is 8.42 Å². The van der Waals surface area contributed by atoms with Gasteiger partial charge in [0.05, 0.1) is 11.0 Å². The molecule has 102 valence electrons. The van der Waals surface area contributed by atoms with Gasteiger partial charge in [-0.25, -0.2) is 8.42 Å². The van der Waals surface area contributed by atoms with E-state index < -0.39 is 9.84 Å². The molecule has 4 nitrogen and oxygen atoms in total. The van der Waals surface area contributed by atoms with Crippen LogP contribution in [-0.4, -0.2) is 25.5 Å². The van der Waals surface area contributed by atoms with E-state index in [0.29, 0.717) is 18.6 Å². The lowest BCUT2D eigenvalue weighted by molar-refractivity contribution is 0.442. The third-order valence-corrected chi connectivity index (χ3v) is 7.40. The second kappa shape index (κ2) is 6.00. The lowest BCUT2D eigenvalue weighted by atomic mass is 10.0. The van der Waals surface area contributed by atoms with Gasteiger partial charge >= 0.3 is 0 Å². The van der Waals surface area contributed by atoms with Gasteiger partial charge < -0.3 is 0 Å². The number of rotatable bonds is 4. The Bertz CT molecular complexity index is 501. The summed E-state index contributed by atoms with van der Waals surface area (Å²) in [6, 6.07) is 1.82. The van der Waals surface area contributed by atoms with Crippen molar-refractivity contribution in [1.29, 1.82) is 0 Å². The van der Waals surface area contributed by atoms with Gasteiger partial charge in [-0.1, -0.05) is 6.42 Å². The van der Waals surface area contributed by atoms with Crippen LogP contribution in [0, 0.1) is 0 Å². The third-order valence-electron chi connectivity index (χ3n) is 3.33. The Morgan fingerprint density at radius 2 is 2.33 bits per heavy atom. The largest absolute Gasteiger partial charge is 0.271 e. The van der Waals surface area contributed by atoms with Crippen molar-refractivity contribution < 1.29 is 8.42 Å². The summed E-state index contributed by atoms with van der Waals surface area (Å²) in [6.07, 6.45) is 3.12. The summed E-state index contributed by atoms with van der Waals surface area (Å²) in [7, 11) is -3.00. The Kier molecular flexibility index (Phi) is 4.82. The maximum absolute atomic E-state index is 12.1. The highest BCUT2D eigenvalue weighted by Gasteiger charge is 2.35. The summed E-state index contributed by atoms with van der Waals surface area (Å²) in [5.74, 6) is 5.85. The zero-order valence-corrected chi connectivity index (χ0v) is 13.2. The van der Waals surface area contributed by atoms with Gasteiger partial charge in [0.25, 0.3) is 0 Å². The van der Waals surface area contributed by atoms with Gasteiger partial charge in [-0.05, 0) is 41.3 Å². The number of halogens is 1. The maximum Gasteiger partial charge on any atom is 0.154 e. The summed E-state index contributed by atoms with van der Waals surface area (Å²) in [5, 5.41) is 1.65. The number of nitrogens with one attached hydrogen (secondary N) is 1. The highest BCUT2D eigenvalue weighted by molar-refractivity contribution is 9.10. The fraction of sp³-hybridized carbons (Fsp3) is 0.636. The van der Waals surface area contributed by atoms with Crippen LogP contribution in [0.1, 0.15) is 24.1 Å². The second-order valence-corrected chi connectivity index (χ2v) is 8.86. The van der Waals surface area contributed by atoms with E-state index in [0.717, 1.165) is 22.2 Å². The molecular weight excluding hydrogens is 336 g/mol. The zero-order valence-electron chi connectivity index (χ0n) is 9.93. The molecule has 0 amide bonds. The lowest BCUT2D eigenvalue weighted by Gasteiger charge is -2.29. The molecule has 2 unspecified atom stereocenters. The number of sulfone groups is 1. The predicted octanol–water partition coefficient (Wildman–Crippen LogP) is 1.85. The second-order valence-electron chi connectivity index (χ2n) is 4.61. The Hall–Kier alpha value is 0.0500. The van der Waals surface area contributed by atoms with Gasteiger partial charge in [0.1, 0.15) is 0 Å². The number of hydrazine groups is 1. The summed E-state index contributed by atoms with van der Waals surface area (Å²) >= 11 is 5.02. The first kappa shape index (κ1) is 14.5. The van der Waals surface area contributed by atoms with Crippen molar-refractivity contribution in [2.24, 2.45) is 5.84 Å². The molecule has 18 heavy (non-hydrogen) atoms. The van der Waals surface area contributed by atoms with Crippen molar-refractivity contribution in [3.8, 4) is 0 Å². The van der Waals surface area contributed by atoms with E-state index in [2.05, 4.69) is 21.4 Å². The van der Waals surface area contributed by atoms with Crippen LogP contribution >= 0.6 is 27.3 Å². The van der Waals surface area contributed by atoms with Gasteiger partial charge in [0, 0.05) is 20.8 Å². The third kappa shape index (κ3) is 3.33. The first-order valence-electron chi connectivity index (χ1n) is 5.93. The smallest absolute Gasteiger partial charge is 0.154 e. The molecule has 2 heterocycles. The van der Waals surface area contributed by atoms with Crippen LogP contribution in [0.25, 0.3) is 0 Å². The van der Waals surface area contributed by atoms with E-state index >= 15 is 0 Å². The molecule has 2 rings (SSSR count). The van der Waals surface area contributed by atoms with E-state index in [1.807, 2.05) is 11.4 Å². The summed E-state index contributed by atoms with van der Waals surface area (Å²) in [6.45, 7) is 0. The molecular formula is C11H17BrN2O2S2. The molecule has 1 saturated heterocycles. The Balaban J connectivity index is 2.12. The number of thiophene rings is 1. The molecule has 0 aromatic carbocycles. The van der Waals surface area contributed by atoms with Crippen LogP contribution in [0.4, 0.5) is 0 Å². The SMILES string of the molecule is NNC(Cc1cc(Br)cs1)C1CCCCS1(=O)=O. The van der Waals surface area contributed by atoms with Gasteiger partial charge in [-0.15, -0.1) is 11.3 Å². The molecule has 7 heteroatoms. The van der Waals surface area contributed by atoms with Crippen LogP contribution in [0.2, 0.25) is 0 Å². The quantitative estimate of drug-likeness (QED) is 0.640. The molecule has 0 spiro atoms. The molecule has 0 saturated carbocycles. The van der Waals surface area contributed by atoms with Crippen molar-refractivity contribution in [3.05, 3.63) is 20.8 Å². The Morgan fingerprint density at radius 1 is 1.56 bits per heavy atom. The lowest BCUT2D eigenvalue weighted by Crippen LogP contribution is -2.50. The van der Waals surface area contributed by atoms with E-state index in [-0.39, 0.29) is 11.3 Å². The molecule has 0 aliphatic carbocycles. The fourth-order valence-electron chi connectivity index (χ4n) is 2.41. The normalized spacial score (nSPS) is 24.9. The molecule has 0 bridgehead atoms. The Labute approximate surface area is 120 Å². The maximum atomic E-state index is 12.1. The van der Waals surface area contributed by atoms with Crippen molar-refractivity contribution in [2.75, 3.05) is 5.75 Å². The highest BCUT2D eigenvalue weighted by atomic mass is 79.9. The van der Waals surface area contributed by atoms with Gasteiger partial charge in [-0.3, -0.25) is 11.3 Å². The highest BCUT2D eigenvalue weighted by Crippen LogP contribution is 2.26. The standard InChI is InChI=1S/C11H17BrN2O2S2/c12-8-5-9(17-7-8)6-10(14-13)11-3-1-2-4-18(11,15)16/h5,7,10-11,14H,1-4,6,13H2. The average Bonchev–Trinajstić information content (AvgIpc) is 2.72. The number of nitrogens with two attached hydrogens (primary N) is 1. The van der Waals surface area contributed by atoms with Crippen LogP contribution in [0.5, 0.6) is 0 Å². The van der Waals surface area contributed by atoms with Crippen LogP contribution in [0.3, 0.4) is 0 Å². The minimum absolute atomic E-state index is 0.194. The fourth-order valence-corrected chi connectivity index (χ4v) is 6.03. The Morgan fingerprint density at radius 3 is 2.89 bits per heavy atom. The molecule has 1 aromatic rings. The predicted molar refractivity (Wildman–Crippen MR) is 78.3 cm³/mol. The zero-order chi connectivity index (χ0) is 13.2. The first-order valence-corrected chi connectivity index (χ1v) is 9.32. The molecule has 1 aliphatic rings. The minimum atomic E-state index is -3.00. The minimum Gasteiger partial charge on any atom is -0.271 e. The summed E-state index contributed by atoms with van der Waals surface area (Å²) in [4.78, 5) is 1.14. The summed E-state index contributed by atoms with van der Waals surface area (Å²) < 4.78 is 25.2. The molecule has 0 radical (unpaired) electrons. The molecule has 2 atom stereocenters. The topological polar surface area (TPSA) is 72.2 Å². The van der Waals surface area contributed by atoms with Crippen LogP contribution < -0.4 is 11.3 Å². The van der Waals surface area contributed by atoms with Crippen LogP contribution in [-0.2, 0) is 16.3 Å². The van der Waals surface area contributed by atoms with Gasteiger partial charge in [-0.2, -0.15) is 0 Å². The molecule has 1 aliphatic heterocycles. The number of hydrogen-bond donors (Lipinski definition) is 2. The van der Waals surface area contributed by atoms with E-state index in [4.69, 9.17) is 5.84 Å².